The molecule has 0 aliphatic carbocycles. The SMILES string of the molecule is c1ccc(-c2c(-c3cccc4ccccc34)cc3ccc4cccc5ccc2c3c45)nc1. The van der Waals surface area contributed by atoms with Crippen LogP contribution in [0.1, 0.15) is 0 Å². The molecule has 0 aliphatic heterocycles. The van der Waals surface area contributed by atoms with E-state index in [2.05, 4.69) is 103 Å². The third-order valence-electron chi connectivity index (χ3n) is 6.65. The number of benzene rings is 6. The molecule has 7 aromatic rings. The highest BCUT2D eigenvalue weighted by Gasteiger charge is 2.18. The molecule has 0 atom stereocenters. The van der Waals surface area contributed by atoms with Crippen molar-refractivity contribution in [2.24, 2.45) is 0 Å². The zero-order chi connectivity index (χ0) is 21.1. The molecule has 0 amide bonds. The van der Waals surface area contributed by atoms with Gasteiger partial charge in [0, 0.05) is 11.8 Å². The van der Waals surface area contributed by atoms with Gasteiger partial charge < -0.3 is 0 Å². The van der Waals surface area contributed by atoms with Crippen molar-refractivity contribution >= 4 is 43.1 Å². The minimum Gasteiger partial charge on any atom is -0.256 e. The molecule has 1 aromatic heterocycles. The lowest BCUT2D eigenvalue weighted by molar-refractivity contribution is 1.33. The molecule has 0 bridgehead atoms. The van der Waals surface area contributed by atoms with Crippen LogP contribution < -0.4 is 0 Å². The molecule has 148 valence electrons. The number of hydrogen-bond acceptors (Lipinski definition) is 1. The summed E-state index contributed by atoms with van der Waals surface area (Å²) in [5, 5.41) is 10.3. The van der Waals surface area contributed by atoms with Crippen LogP contribution in [0.2, 0.25) is 0 Å². The lowest BCUT2D eigenvalue weighted by atomic mass is 9.85. The standard InChI is InChI=1S/C31H19N/c1-2-11-24-20(7-1)8-6-12-25(24)27-19-23-15-14-21-9-5-10-22-16-17-26(30(23)29(21)22)31(27)28-13-3-4-18-32-28/h1-19H. The fourth-order valence-electron chi connectivity index (χ4n) is 5.27. The second-order valence-corrected chi connectivity index (χ2v) is 8.40. The smallest absolute Gasteiger partial charge is 0.0714 e. The fraction of sp³-hybridized carbons (Fsp3) is 0. The summed E-state index contributed by atoms with van der Waals surface area (Å²) in [6.07, 6.45) is 1.89. The summed E-state index contributed by atoms with van der Waals surface area (Å²) in [5.41, 5.74) is 4.68. The second kappa shape index (κ2) is 6.63. The maximum atomic E-state index is 4.80. The molecule has 0 radical (unpaired) electrons. The molecule has 32 heavy (non-hydrogen) atoms. The van der Waals surface area contributed by atoms with Crippen LogP contribution in [-0.2, 0) is 0 Å². The van der Waals surface area contributed by atoms with Crippen molar-refractivity contribution in [1.82, 2.24) is 4.98 Å². The first-order valence-electron chi connectivity index (χ1n) is 11.0. The van der Waals surface area contributed by atoms with Gasteiger partial charge in [0.15, 0.2) is 0 Å². The van der Waals surface area contributed by atoms with Crippen LogP contribution in [0.5, 0.6) is 0 Å². The van der Waals surface area contributed by atoms with Gasteiger partial charge in [0.1, 0.15) is 0 Å². The molecule has 1 heteroatoms. The number of aromatic nitrogens is 1. The molecule has 1 heterocycles. The molecule has 0 unspecified atom stereocenters. The van der Waals surface area contributed by atoms with E-state index in [-0.39, 0.29) is 0 Å². The maximum Gasteiger partial charge on any atom is 0.0714 e. The molecule has 6 aromatic carbocycles. The zero-order valence-electron chi connectivity index (χ0n) is 17.4. The highest BCUT2D eigenvalue weighted by Crippen LogP contribution is 2.45. The van der Waals surface area contributed by atoms with Crippen LogP contribution in [-0.4, -0.2) is 4.98 Å². The molecule has 0 saturated heterocycles. The molecule has 0 fully saturated rings. The number of fused-ring (bicyclic) bond motifs is 1. The zero-order valence-corrected chi connectivity index (χ0v) is 17.4. The Kier molecular flexibility index (Phi) is 3.62. The minimum absolute atomic E-state index is 1.01. The third-order valence-corrected chi connectivity index (χ3v) is 6.65. The predicted octanol–water partition coefficient (Wildman–Crippen LogP) is 8.47. The van der Waals surface area contributed by atoms with E-state index in [1.54, 1.807) is 0 Å². The van der Waals surface area contributed by atoms with Gasteiger partial charge in [-0.25, -0.2) is 0 Å². The molecular formula is C31H19N. The molecule has 1 nitrogen and oxygen atoms in total. The molecule has 0 aliphatic rings. The first-order valence-corrected chi connectivity index (χ1v) is 11.0. The van der Waals surface area contributed by atoms with E-state index >= 15 is 0 Å². The molecule has 0 saturated carbocycles. The lowest BCUT2D eigenvalue weighted by Crippen LogP contribution is -1.93. The Balaban J connectivity index is 1.72. The van der Waals surface area contributed by atoms with E-state index in [1.165, 1.54) is 59.8 Å². The molecular weight excluding hydrogens is 386 g/mol. The summed E-state index contributed by atoms with van der Waals surface area (Å²) in [5.74, 6) is 0. The summed E-state index contributed by atoms with van der Waals surface area (Å²) in [7, 11) is 0. The van der Waals surface area contributed by atoms with Gasteiger partial charge in [0.2, 0.25) is 0 Å². The minimum atomic E-state index is 1.01. The first kappa shape index (κ1) is 17.5. The highest BCUT2D eigenvalue weighted by atomic mass is 14.7. The Labute approximate surface area is 185 Å². The van der Waals surface area contributed by atoms with E-state index in [4.69, 9.17) is 4.98 Å². The summed E-state index contributed by atoms with van der Waals surface area (Å²) < 4.78 is 0. The van der Waals surface area contributed by atoms with Crippen molar-refractivity contribution < 1.29 is 0 Å². The molecule has 7 rings (SSSR count). The summed E-state index contributed by atoms with van der Waals surface area (Å²) in [4.78, 5) is 4.80. The monoisotopic (exact) mass is 405 g/mol. The van der Waals surface area contributed by atoms with Crippen molar-refractivity contribution in [2.75, 3.05) is 0 Å². The van der Waals surface area contributed by atoms with Crippen LogP contribution >= 0.6 is 0 Å². The predicted molar refractivity (Wildman–Crippen MR) is 136 cm³/mol. The van der Waals surface area contributed by atoms with E-state index in [9.17, 15) is 0 Å². The highest BCUT2D eigenvalue weighted by molar-refractivity contribution is 6.27. The van der Waals surface area contributed by atoms with Crippen molar-refractivity contribution in [1.29, 1.82) is 0 Å². The molecule has 0 N–H and O–H groups in total. The van der Waals surface area contributed by atoms with Crippen LogP contribution in [0.25, 0.3) is 65.5 Å². The maximum absolute atomic E-state index is 4.80. The first-order chi connectivity index (χ1) is 15.9. The summed E-state index contributed by atoms with van der Waals surface area (Å²) in [6, 6.07) is 39.4. The fourth-order valence-corrected chi connectivity index (χ4v) is 5.27. The van der Waals surface area contributed by atoms with Gasteiger partial charge in [-0.2, -0.15) is 0 Å². The van der Waals surface area contributed by atoms with Gasteiger partial charge in [-0.05, 0) is 72.4 Å². The van der Waals surface area contributed by atoms with E-state index < -0.39 is 0 Å². The average molecular weight is 406 g/mol. The Bertz CT molecular complexity index is 1740. The van der Waals surface area contributed by atoms with Gasteiger partial charge >= 0.3 is 0 Å². The van der Waals surface area contributed by atoms with Crippen LogP contribution in [0.3, 0.4) is 0 Å². The van der Waals surface area contributed by atoms with Gasteiger partial charge in [-0.3, -0.25) is 4.98 Å². The number of hydrogen-bond donors (Lipinski definition) is 0. The van der Waals surface area contributed by atoms with Gasteiger partial charge in [0.05, 0.1) is 5.69 Å². The van der Waals surface area contributed by atoms with E-state index in [0.717, 1.165) is 5.69 Å². The summed E-state index contributed by atoms with van der Waals surface area (Å²) in [6.45, 7) is 0. The second-order valence-electron chi connectivity index (χ2n) is 8.40. The number of rotatable bonds is 2. The van der Waals surface area contributed by atoms with Crippen molar-refractivity contribution in [3.05, 3.63) is 115 Å². The number of nitrogens with zero attached hydrogens (tertiary/aromatic N) is 1. The molecule has 0 spiro atoms. The van der Waals surface area contributed by atoms with Crippen LogP contribution in [0, 0.1) is 0 Å². The Morgan fingerprint density at radius 2 is 1.16 bits per heavy atom. The van der Waals surface area contributed by atoms with Gasteiger partial charge in [-0.15, -0.1) is 0 Å². The largest absolute Gasteiger partial charge is 0.256 e. The number of pyridine rings is 1. The normalized spacial score (nSPS) is 11.8. The third kappa shape index (κ3) is 2.42. The van der Waals surface area contributed by atoms with E-state index in [1.807, 2.05) is 12.3 Å². The van der Waals surface area contributed by atoms with Gasteiger partial charge in [0.25, 0.3) is 0 Å². The Morgan fingerprint density at radius 1 is 0.438 bits per heavy atom. The van der Waals surface area contributed by atoms with Crippen molar-refractivity contribution in [3.8, 4) is 22.4 Å². The Hall–Kier alpha value is -4.23. The van der Waals surface area contributed by atoms with Crippen LogP contribution in [0.4, 0.5) is 0 Å². The topological polar surface area (TPSA) is 12.9 Å². The van der Waals surface area contributed by atoms with E-state index in [0.29, 0.717) is 0 Å². The Morgan fingerprint density at radius 3 is 2.03 bits per heavy atom. The lowest BCUT2D eigenvalue weighted by Gasteiger charge is -2.19. The average Bonchev–Trinajstić information content (AvgIpc) is 2.87. The van der Waals surface area contributed by atoms with Crippen LogP contribution in [0.15, 0.2) is 115 Å². The van der Waals surface area contributed by atoms with Crippen molar-refractivity contribution in [2.45, 2.75) is 0 Å². The summed E-state index contributed by atoms with van der Waals surface area (Å²) >= 11 is 0. The van der Waals surface area contributed by atoms with Gasteiger partial charge in [-0.1, -0.05) is 91.0 Å². The quantitative estimate of drug-likeness (QED) is 0.263. The van der Waals surface area contributed by atoms with Crippen molar-refractivity contribution in [3.63, 3.8) is 0 Å².